The van der Waals surface area contributed by atoms with E-state index in [2.05, 4.69) is 70.9 Å². The molecule has 0 aliphatic carbocycles. The molecule has 0 bridgehead atoms. The first-order valence-corrected chi connectivity index (χ1v) is 9.43. The standard InChI is InChI=1S/C23H26N2O/c1-26-22-10-5-4-9-21(22)23(25-15-6-13-24-14-16-25)20-12-11-18-7-2-3-8-19(18)17-20/h2-5,7-12,17,23-24H,6,13-16H2,1H3. The van der Waals surface area contributed by atoms with Gasteiger partial charge in [0.15, 0.2) is 0 Å². The highest BCUT2D eigenvalue weighted by atomic mass is 16.5. The molecule has 3 aromatic carbocycles. The maximum atomic E-state index is 5.72. The van der Waals surface area contributed by atoms with Crippen LogP contribution in [0.15, 0.2) is 66.7 Å². The lowest BCUT2D eigenvalue weighted by molar-refractivity contribution is 0.236. The van der Waals surface area contributed by atoms with E-state index in [0.29, 0.717) is 0 Å². The van der Waals surface area contributed by atoms with Crippen molar-refractivity contribution < 1.29 is 4.74 Å². The molecule has 1 saturated heterocycles. The number of hydrogen-bond donors (Lipinski definition) is 1. The highest BCUT2D eigenvalue weighted by molar-refractivity contribution is 5.83. The third-order valence-corrected chi connectivity index (χ3v) is 5.26. The lowest BCUT2D eigenvalue weighted by atomic mass is 9.94. The Bertz CT molecular complexity index is 869. The van der Waals surface area contributed by atoms with Crippen LogP contribution in [0.25, 0.3) is 10.8 Å². The molecule has 1 N–H and O–H groups in total. The molecule has 0 amide bonds. The molecule has 0 saturated carbocycles. The average Bonchev–Trinajstić information content (AvgIpc) is 2.98. The van der Waals surface area contributed by atoms with Gasteiger partial charge in [-0.25, -0.2) is 0 Å². The van der Waals surface area contributed by atoms with Crippen molar-refractivity contribution >= 4 is 10.8 Å². The maximum absolute atomic E-state index is 5.72. The molecule has 0 radical (unpaired) electrons. The number of hydrogen-bond acceptors (Lipinski definition) is 3. The number of fused-ring (bicyclic) bond motifs is 1. The highest BCUT2D eigenvalue weighted by Crippen LogP contribution is 2.36. The lowest BCUT2D eigenvalue weighted by Crippen LogP contribution is -2.33. The average molecular weight is 346 g/mol. The molecular weight excluding hydrogens is 320 g/mol. The van der Waals surface area contributed by atoms with Crippen LogP contribution in [-0.2, 0) is 0 Å². The van der Waals surface area contributed by atoms with Gasteiger partial charge in [-0.3, -0.25) is 4.90 Å². The number of nitrogens with one attached hydrogen (secondary N) is 1. The summed E-state index contributed by atoms with van der Waals surface area (Å²) in [6.45, 7) is 4.24. The van der Waals surface area contributed by atoms with Gasteiger partial charge in [0.1, 0.15) is 5.75 Å². The Hall–Kier alpha value is -2.36. The Morgan fingerprint density at radius 2 is 1.69 bits per heavy atom. The monoisotopic (exact) mass is 346 g/mol. The minimum atomic E-state index is 0.204. The van der Waals surface area contributed by atoms with Crippen molar-refractivity contribution in [1.82, 2.24) is 10.2 Å². The van der Waals surface area contributed by atoms with Crippen LogP contribution < -0.4 is 10.1 Å². The van der Waals surface area contributed by atoms with Crippen molar-refractivity contribution in [2.24, 2.45) is 0 Å². The Balaban J connectivity index is 1.83. The summed E-state index contributed by atoms with van der Waals surface area (Å²) >= 11 is 0. The zero-order chi connectivity index (χ0) is 17.8. The third kappa shape index (κ3) is 3.46. The fraction of sp³-hybridized carbons (Fsp3) is 0.304. The van der Waals surface area contributed by atoms with Crippen molar-refractivity contribution in [3.8, 4) is 5.75 Å². The van der Waals surface area contributed by atoms with E-state index >= 15 is 0 Å². The summed E-state index contributed by atoms with van der Waals surface area (Å²) in [5.74, 6) is 0.961. The molecular formula is C23H26N2O. The van der Waals surface area contributed by atoms with Gasteiger partial charge in [0.25, 0.3) is 0 Å². The molecule has 1 unspecified atom stereocenters. The van der Waals surface area contributed by atoms with Crippen molar-refractivity contribution in [2.75, 3.05) is 33.3 Å². The first-order valence-electron chi connectivity index (χ1n) is 9.43. The van der Waals surface area contributed by atoms with Gasteiger partial charge in [0.05, 0.1) is 13.2 Å². The first kappa shape index (κ1) is 17.1. The Labute approximate surface area is 155 Å². The van der Waals surface area contributed by atoms with Crippen molar-refractivity contribution in [2.45, 2.75) is 12.5 Å². The molecule has 4 rings (SSSR count). The van der Waals surface area contributed by atoms with Crippen LogP contribution in [0.4, 0.5) is 0 Å². The maximum Gasteiger partial charge on any atom is 0.123 e. The molecule has 3 heteroatoms. The van der Waals surface area contributed by atoms with Crippen LogP contribution in [0.3, 0.4) is 0 Å². The second-order valence-corrected chi connectivity index (χ2v) is 6.89. The van der Waals surface area contributed by atoms with Gasteiger partial charge in [0, 0.05) is 25.2 Å². The predicted octanol–water partition coefficient (Wildman–Crippen LogP) is 4.23. The summed E-state index contributed by atoms with van der Waals surface area (Å²) in [6, 6.07) is 24.1. The molecule has 0 aromatic heterocycles. The Morgan fingerprint density at radius 3 is 2.58 bits per heavy atom. The number of methoxy groups -OCH3 is 1. The van der Waals surface area contributed by atoms with Gasteiger partial charge in [0.2, 0.25) is 0 Å². The Kier molecular flexibility index (Phi) is 5.19. The van der Waals surface area contributed by atoms with Crippen molar-refractivity contribution in [1.29, 1.82) is 0 Å². The molecule has 3 nitrogen and oxygen atoms in total. The molecule has 26 heavy (non-hydrogen) atoms. The quantitative estimate of drug-likeness (QED) is 0.765. The Morgan fingerprint density at radius 1 is 0.885 bits per heavy atom. The summed E-state index contributed by atoms with van der Waals surface area (Å²) in [4.78, 5) is 2.59. The van der Waals surface area contributed by atoms with Gasteiger partial charge >= 0.3 is 0 Å². The summed E-state index contributed by atoms with van der Waals surface area (Å²) in [6.07, 6.45) is 1.17. The summed E-state index contributed by atoms with van der Waals surface area (Å²) in [7, 11) is 1.76. The summed E-state index contributed by atoms with van der Waals surface area (Å²) < 4.78 is 5.72. The predicted molar refractivity (Wildman–Crippen MR) is 108 cm³/mol. The van der Waals surface area contributed by atoms with Gasteiger partial charge in [-0.15, -0.1) is 0 Å². The topological polar surface area (TPSA) is 24.5 Å². The first-order chi connectivity index (χ1) is 12.9. The van der Waals surface area contributed by atoms with Crippen molar-refractivity contribution in [3.63, 3.8) is 0 Å². The summed E-state index contributed by atoms with van der Waals surface area (Å²) in [5, 5.41) is 6.09. The molecule has 1 aliphatic rings. The highest BCUT2D eigenvalue weighted by Gasteiger charge is 2.25. The summed E-state index contributed by atoms with van der Waals surface area (Å²) in [5.41, 5.74) is 2.57. The van der Waals surface area contributed by atoms with Crippen LogP contribution in [0.5, 0.6) is 5.75 Å². The van der Waals surface area contributed by atoms with E-state index < -0.39 is 0 Å². The van der Waals surface area contributed by atoms with E-state index in [4.69, 9.17) is 4.74 Å². The molecule has 134 valence electrons. The fourth-order valence-electron chi connectivity index (χ4n) is 3.98. The number of nitrogens with zero attached hydrogens (tertiary/aromatic N) is 1. The van der Waals surface area contributed by atoms with Gasteiger partial charge in [-0.1, -0.05) is 54.6 Å². The van der Waals surface area contributed by atoms with Gasteiger partial charge < -0.3 is 10.1 Å². The van der Waals surface area contributed by atoms with Crippen LogP contribution in [0, 0.1) is 0 Å². The zero-order valence-corrected chi connectivity index (χ0v) is 15.3. The second kappa shape index (κ2) is 7.90. The third-order valence-electron chi connectivity index (χ3n) is 5.26. The van der Waals surface area contributed by atoms with Crippen molar-refractivity contribution in [3.05, 3.63) is 77.9 Å². The molecule has 1 heterocycles. The minimum absolute atomic E-state index is 0.204. The molecule has 0 spiro atoms. The van der Waals surface area contributed by atoms with E-state index in [0.717, 1.165) is 31.9 Å². The number of para-hydroxylation sites is 1. The second-order valence-electron chi connectivity index (χ2n) is 6.89. The van der Waals surface area contributed by atoms with E-state index in [1.54, 1.807) is 7.11 Å². The van der Waals surface area contributed by atoms with Crippen LogP contribution >= 0.6 is 0 Å². The van der Waals surface area contributed by atoms with E-state index in [-0.39, 0.29) is 6.04 Å². The van der Waals surface area contributed by atoms with Gasteiger partial charge in [-0.05, 0) is 41.4 Å². The zero-order valence-electron chi connectivity index (χ0n) is 15.3. The van der Waals surface area contributed by atoms with E-state index in [1.807, 2.05) is 6.07 Å². The fourth-order valence-corrected chi connectivity index (χ4v) is 3.98. The van der Waals surface area contributed by atoms with Gasteiger partial charge in [-0.2, -0.15) is 0 Å². The normalized spacial score (nSPS) is 17.0. The molecule has 1 atom stereocenters. The number of ether oxygens (including phenoxy) is 1. The van der Waals surface area contributed by atoms with Crippen LogP contribution in [0.1, 0.15) is 23.6 Å². The van der Waals surface area contributed by atoms with E-state index in [9.17, 15) is 0 Å². The minimum Gasteiger partial charge on any atom is -0.496 e. The lowest BCUT2D eigenvalue weighted by Gasteiger charge is -2.32. The molecule has 3 aromatic rings. The van der Waals surface area contributed by atoms with E-state index in [1.165, 1.54) is 28.3 Å². The van der Waals surface area contributed by atoms with Crippen LogP contribution in [-0.4, -0.2) is 38.2 Å². The molecule has 1 fully saturated rings. The van der Waals surface area contributed by atoms with Crippen LogP contribution in [0.2, 0.25) is 0 Å². The number of benzene rings is 3. The largest absolute Gasteiger partial charge is 0.496 e. The SMILES string of the molecule is COc1ccccc1C(c1ccc2ccccc2c1)N1CCCNCC1. The molecule has 1 aliphatic heterocycles. The smallest absolute Gasteiger partial charge is 0.123 e. The number of rotatable bonds is 4.